The zero-order valence-corrected chi connectivity index (χ0v) is 17.6. The number of aromatic nitrogens is 3. The Morgan fingerprint density at radius 2 is 2.23 bits per heavy atom. The molecule has 160 valence electrons. The predicted octanol–water partition coefficient (Wildman–Crippen LogP) is 2.56. The molecular weight excluding hydrogens is 384 g/mol. The summed E-state index contributed by atoms with van der Waals surface area (Å²) in [5, 5.41) is 4.31. The topological polar surface area (TPSA) is 90.6 Å². The van der Waals surface area contributed by atoms with Gasteiger partial charge in [0, 0.05) is 30.5 Å². The number of likely N-dealkylation sites (tertiary alicyclic amines) is 1. The predicted molar refractivity (Wildman–Crippen MR) is 108 cm³/mol. The van der Waals surface area contributed by atoms with Crippen LogP contribution in [0.15, 0.2) is 16.8 Å². The van der Waals surface area contributed by atoms with Crippen molar-refractivity contribution in [2.45, 2.75) is 63.0 Å². The van der Waals surface area contributed by atoms with Crippen molar-refractivity contribution in [2.75, 3.05) is 26.8 Å². The van der Waals surface area contributed by atoms with Crippen LogP contribution in [0.4, 0.5) is 0 Å². The second-order valence-corrected chi connectivity index (χ2v) is 8.73. The van der Waals surface area contributed by atoms with Crippen LogP contribution in [0.2, 0.25) is 0 Å². The summed E-state index contributed by atoms with van der Waals surface area (Å²) in [6.45, 7) is 3.90. The molecule has 3 aliphatic rings. The van der Waals surface area contributed by atoms with E-state index in [0.29, 0.717) is 42.2 Å². The third-order valence-corrected chi connectivity index (χ3v) is 6.96. The fourth-order valence-corrected chi connectivity index (χ4v) is 5.29. The van der Waals surface area contributed by atoms with Crippen molar-refractivity contribution >= 4 is 5.78 Å². The molecule has 2 aliphatic heterocycles. The number of ether oxygens (including phenoxy) is 2. The number of carbonyl (C=O) groups is 1. The molecule has 0 bridgehead atoms. The molecule has 0 amide bonds. The summed E-state index contributed by atoms with van der Waals surface area (Å²) in [4.78, 5) is 24.1. The van der Waals surface area contributed by atoms with Crippen LogP contribution in [-0.2, 0) is 21.4 Å². The van der Waals surface area contributed by atoms with Crippen molar-refractivity contribution in [3.8, 4) is 17.4 Å². The first-order chi connectivity index (χ1) is 14.6. The molecule has 4 heterocycles. The van der Waals surface area contributed by atoms with Crippen molar-refractivity contribution in [1.29, 1.82) is 0 Å². The standard InChI is InChI=1S/C22H28N4O4/c1-14(16-6-4-11-26(16)2)29-18-7-10-23-21(24-18)19-15-5-3-8-22(20(15)30-25-19)9-12-28-13-17(22)27/h7,10,14,16H,3-6,8-9,11-13H2,1-2H3/t14-,16-,22?/m0/s1. The third kappa shape index (κ3) is 3.22. The molecule has 0 radical (unpaired) electrons. The van der Waals surface area contributed by atoms with Gasteiger partial charge in [-0.3, -0.25) is 9.69 Å². The van der Waals surface area contributed by atoms with Gasteiger partial charge in [-0.25, -0.2) is 4.98 Å². The zero-order chi connectivity index (χ0) is 20.7. The molecule has 30 heavy (non-hydrogen) atoms. The second-order valence-electron chi connectivity index (χ2n) is 8.73. The average molecular weight is 412 g/mol. The lowest BCUT2D eigenvalue weighted by Crippen LogP contribution is -2.45. The van der Waals surface area contributed by atoms with E-state index >= 15 is 0 Å². The fourth-order valence-electron chi connectivity index (χ4n) is 5.29. The first kappa shape index (κ1) is 19.6. The molecule has 1 spiro atoms. The highest BCUT2D eigenvalue weighted by molar-refractivity contribution is 5.92. The minimum absolute atomic E-state index is 0.0367. The van der Waals surface area contributed by atoms with Gasteiger partial charge < -0.3 is 14.0 Å². The molecule has 5 rings (SSSR count). The summed E-state index contributed by atoms with van der Waals surface area (Å²) >= 11 is 0. The second kappa shape index (κ2) is 7.74. The Labute approximate surface area is 175 Å². The van der Waals surface area contributed by atoms with Crippen LogP contribution in [0.3, 0.4) is 0 Å². The van der Waals surface area contributed by atoms with E-state index < -0.39 is 5.41 Å². The molecule has 8 heteroatoms. The number of nitrogens with zero attached hydrogens (tertiary/aromatic N) is 4. The first-order valence-corrected chi connectivity index (χ1v) is 10.9. The summed E-state index contributed by atoms with van der Waals surface area (Å²) in [6.07, 6.45) is 7.21. The highest BCUT2D eigenvalue weighted by atomic mass is 16.5. The van der Waals surface area contributed by atoms with Gasteiger partial charge in [0.15, 0.2) is 23.1 Å². The van der Waals surface area contributed by atoms with Crippen molar-refractivity contribution in [3.05, 3.63) is 23.6 Å². The molecule has 0 saturated carbocycles. The number of hydrogen-bond donors (Lipinski definition) is 0. The Morgan fingerprint density at radius 1 is 1.33 bits per heavy atom. The van der Waals surface area contributed by atoms with E-state index in [4.69, 9.17) is 14.0 Å². The smallest absolute Gasteiger partial charge is 0.217 e. The van der Waals surface area contributed by atoms with Gasteiger partial charge in [0.1, 0.15) is 12.7 Å². The van der Waals surface area contributed by atoms with Gasteiger partial charge in [-0.15, -0.1) is 0 Å². The summed E-state index contributed by atoms with van der Waals surface area (Å²) in [5.41, 5.74) is 0.976. The molecular formula is C22H28N4O4. The number of hydrogen-bond acceptors (Lipinski definition) is 8. The van der Waals surface area contributed by atoms with Gasteiger partial charge in [-0.2, -0.15) is 4.98 Å². The number of rotatable bonds is 4. The summed E-state index contributed by atoms with van der Waals surface area (Å²) in [6, 6.07) is 2.17. The normalized spacial score (nSPS) is 27.9. The van der Waals surface area contributed by atoms with Crippen LogP contribution >= 0.6 is 0 Å². The summed E-state index contributed by atoms with van der Waals surface area (Å²) < 4.78 is 17.3. The average Bonchev–Trinajstić information content (AvgIpc) is 3.37. The Hall–Kier alpha value is -2.32. The van der Waals surface area contributed by atoms with Crippen molar-refractivity contribution in [1.82, 2.24) is 20.0 Å². The molecule has 3 atom stereocenters. The van der Waals surface area contributed by atoms with E-state index in [0.717, 1.165) is 37.8 Å². The monoisotopic (exact) mass is 412 g/mol. The van der Waals surface area contributed by atoms with Gasteiger partial charge in [0.25, 0.3) is 0 Å². The lowest BCUT2D eigenvalue weighted by molar-refractivity contribution is -0.136. The minimum atomic E-state index is -0.604. The highest BCUT2D eigenvalue weighted by Crippen LogP contribution is 2.45. The van der Waals surface area contributed by atoms with E-state index in [1.165, 1.54) is 6.42 Å². The van der Waals surface area contributed by atoms with E-state index in [2.05, 4.69) is 34.0 Å². The number of carbonyl (C=O) groups excluding carboxylic acids is 1. The van der Waals surface area contributed by atoms with Gasteiger partial charge in [0.2, 0.25) is 5.88 Å². The molecule has 2 fully saturated rings. The highest BCUT2D eigenvalue weighted by Gasteiger charge is 2.49. The van der Waals surface area contributed by atoms with Crippen LogP contribution in [0, 0.1) is 0 Å². The lowest BCUT2D eigenvalue weighted by atomic mass is 9.68. The van der Waals surface area contributed by atoms with Crippen molar-refractivity contribution < 1.29 is 18.8 Å². The maximum absolute atomic E-state index is 12.7. The van der Waals surface area contributed by atoms with E-state index in [9.17, 15) is 4.79 Å². The Morgan fingerprint density at radius 3 is 3.03 bits per heavy atom. The molecule has 8 nitrogen and oxygen atoms in total. The van der Waals surface area contributed by atoms with Crippen LogP contribution in [-0.4, -0.2) is 64.8 Å². The van der Waals surface area contributed by atoms with Gasteiger partial charge in [0.05, 0.1) is 5.41 Å². The molecule has 2 saturated heterocycles. The molecule has 2 aromatic heterocycles. The van der Waals surface area contributed by atoms with Crippen molar-refractivity contribution in [3.63, 3.8) is 0 Å². The SMILES string of the molecule is C[C@H](Oc1ccnc(-c2noc3c2CCCC32CCOCC2=O)n1)[C@@H]1CCCN1C. The van der Waals surface area contributed by atoms with Crippen LogP contribution < -0.4 is 4.74 Å². The van der Waals surface area contributed by atoms with E-state index in [1.807, 2.05) is 0 Å². The zero-order valence-electron chi connectivity index (χ0n) is 17.6. The molecule has 1 aliphatic carbocycles. The molecule has 2 aromatic rings. The Bertz CT molecular complexity index is 945. The van der Waals surface area contributed by atoms with Crippen LogP contribution in [0.25, 0.3) is 11.5 Å². The number of ketones is 1. The largest absolute Gasteiger partial charge is 0.473 e. The summed E-state index contributed by atoms with van der Waals surface area (Å²) in [7, 11) is 2.14. The number of fused-ring (bicyclic) bond motifs is 2. The Balaban J connectivity index is 1.43. The van der Waals surface area contributed by atoms with Gasteiger partial charge in [-0.05, 0) is 59.0 Å². The maximum atomic E-state index is 12.7. The van der Waals surface area contributed by atoms with Gasteiger partial charge >= 0.3 is 0 Å². The number of Topliss-reactive ketones (excluding diaryl/α,β-unsaturated/α-hetero) is 1. The first-order valence-electron chi connectivity index (χ1n) is 10.9. The Kier molecular flexibility index (Phi) is 5.06. The molecule has 0 N–H and O–H groups in total. The minimum Gasteiger partial charge on any atom is -0.473 e. The maximum Gasteiger partial charge on any atom is 0.217 e. The van der Waals surface area contributed by atoms with E-state index in [-0.39, 0.29) is 18.5 Å². The van der Waals surface area contributed by atoms with Crippen molar-refractivity contribution in [2.24, 2.45) is 0 Å². The van der Waals surface area contributed by atoms with Gasteiger partial charge in [-0.1, -0.05) is 5.16 Å². The van der Waals surface area contributed by atoms with E-state index in [1.54, 1.807) is 12.3 Å². The van der Waals surface area contributed by atoms with Crippen LogP contribution in [0.5, 0.6) is 5.88 Å². The molecule has 1 unspecified atom stereocenters. The molecule has 0 aromatic carbocycles. The van der Waals surface area contributed by atoms with Crippen LogP contribution in [0.1, 0.15) is 50.4 Å². The fraction of sp³-hybridized carbons (Fsp3) is 0.636. The summed E-state index contributed by atoms with van der Waals surface area (Å²) in [5.74, 6) is 1.80. The lowest BCUT2D eigenvalue weighted by Gasteiger charge is -2.36. The quantitative estimate of drug-likeness (QED) is 0.757. The number of likely N-dealkylation sites (N-methyl/N-ethyl adjacent to an activating group) is 1. The third-order valence-electron chi connectivity index (χ3n) is 6.96.